The molecular formula is C20H29N5O. The molecule has 0 radical (unpaired) electrons. The quantitative estimate of drug-likeness (QED) is 0.888. The monoisotopic (exact) mass is 355 g/mol. The van der Waals surface area contributed by atoms with E-state index in [4.69, 9.17) is 10.5 Å². The summed E-state index contributed by atoms with van der Waals surface area (Å²) >= 11 is 0. The maximum absolute atomic E-state index is 5.70. The van der Waals surface area contributed by atoms with Crippen LogP contribution in [0.2, 0.25) is 0 Å². The predicted octanol–water partition coefficient (Wildman–Crippen LogP) is 2.40. The molecule has 0 aliphatic carbocycles. The molecule has 3 rings (SSSR count). The third-order valence-electron chi connectivity index (χ3n) is 4.87. The van der Waals surface area contributed by atoms with Crippen LogP contribution in [-0.2, 0) is 6.42 Å². The summed E-state index contributed by atoms with van der Waals surface area (Å²) in [7, 11) is 1.71. The zero-order valence-electron chi connectivity index (χ0n) is 16.2. The van der Waals surface area contributed by atoms with Crippen LogP contribution in [0.25, 0.3) is 0 Å². The van der Waals surface area contributed by atoms with Crippen LogP contribution in [0.15, 0.2) is 30.3 Å². The number of nitrogens with zero attached hydrogens (tertiary/aromatic N) is 4. The van der Waals surface area contributed by atoms with Crippen molar-refractivity contribution in [2.45, 2.75) is 32.7 Å². The summed E-state index contributed by atoms with van der Waals surface area (Å²) < 4.78 is 5.39. The number of aryl methyl sites for hydroxylation is 1. The molecule has 26 heavy (non-hydrogen) atoms. The van der Waals surface area contributed by atoms with Crippen molar-refractivity contribution in [2.75, 3.05) is 43.1 Å². The second-order valence-electron chi connectivity index (χ2n) is 7.39. The molecule has 6 nitrogen and oxygen atoms in total. The molecule has 0 amide bonds. The summed E-state index contributed by atoms with van der Waals surface area (Å²) in [5, 5.41) is 0. The first-order valence-corrected chi connectivity index (χ1v) is 9.14. The van der Waals surface area contributed by atoms with E-state index in [2.05, 4.69) is 51.8 Å². The number of rotatable bonds is 5. The van der Waals surface area contributed by atoms with E-state index in [0.29, 0.717) is 6.54 Å². The Morgan fingerprint density at radius 1 is 1.19 bits per heavy atom. The van der Waals surface area contributed by atoms with Crippen molar-refractivity contribution in [2.24, 2.45) is 5.73 Å². The molecule has 6 heteroatoms. The topological polar surface area (TPSA) is 67.5 Å². The summed E-state index contributed by atoms with van der Waals surface area (Å²) in [6, 6.07) is 10.4. The maximum Gasteiger partial charge on any atom is 0.132 e. The molecule has 0 unspecified atom stereocenters. The third-order valence-corrected chi connectivity index (χ3v) is 4.87. The Morgan fingerprint density at radius 2 is 2.00 bits per heavy atom. The van der Waals surface area contributed by atoms with Gasteiger partial charge < -0.3 is 20.3 Å². The van der Waals surface area contributed by atoms with E-state index in [1.54, 1.807) is 7.11 Å². The Kier molecular flexibility index (Phi) is 5.32. The minimum Gasteiger partial charge on any atom is -0.497 e. The molecule has 2 heterocycles. The number of ether oxygens (including phenoxy) is 1. The molecule has 1 aromatic carbocycles. The minimum absolute atomic E-state index is 0.0303. The Hall–Kier alpha value is -2.34. The highest BCUT2D eigenvalue weighted by Gasteiger charge is 2.34. The fourth-order valence-corrected chi connectivity index (χ4v) is 3.66. The summed E-state index contributed by atoms with van der Waals surface area (Å²) in [4.78, 5) is 14.0. The first-order valence-electron chi connectivity index (χ1n) is 9.14. The van der Waals surface area contributed by atoms with E-state index in [-0.39, 0.29) is 5.54 Å². The lowest BCUT2D eigenvalue weighted by atomic mass is 9.97. The van der Waals surface area contributed by atoms with E-state index >= 15 is 0 Å². The highest BCUT2D eigenvalue weighted by molar-refractivity contribution is 5.55. The number of hydrogen-bond acceptors (Lipinski definition) is 6. The molecular weight excluding hydrogens is 326 g/mol. The lowest BCUT2D eigenvalue weighted by Crippen LogP contribution is -2.60. The van der Waals surface area contributed by atoms with Crippen LogP contribution >= 0.6 is 0 Å². The summed E-state index contributed by atoms with van der Waals surface area (Å²) in [5.74, 6) is 2.69. The Morgan fingerprint density at radius 3 is 2.69 bits per heavy atom. The SMILES string of the molecule is COc1cccc(N2CCN(c3cc(CCN)nc(C)n3)CC2(C)C)c1. The largest absolute Gasteiger partial charge is 0.497 e. The summed E-state index contributed by atoms with van der Waals surface area (Å²) in [6.07, 6.45) is 0.781. The lowest BCUT2D eigenvalue weighted by Gasteiger charge is -2.49. The first kappa shape index (κ1) is 18.5. The molecule has 1 aromatic heterocycles. The van der Waals surface area contributed by atoms with E-state index in [1.165, 1.54) is 5.69 Å². The van der Waals surface area contributed by atoms with Gasteiger partial charge in [-0.25, -0.2) is 9.97 Å². The standard InChI is InChI=1S/C20H29N5O/c1-15-22-16(8-9-21)12-19(23-15)24-10-11-25(20(2,3)14-24)17-6-5-7-18(13-17)26-4/h5-7,12-13H,8-11,14,21H2,1-4H3. The van der Waals surface area contributed by atoms with Gasteiger partial charge in [-0.05, 0) is 39.4 Å². The molecule has 1 saturated heterocycles. The lowest BCUT2D eigenvalue weighted by molar-refractivity contribution is 0.405. The van der Waals surface area contributed by atoms with Crippen LogP contribution < -0.4 is 20.3 Å². The Balaban J connectivity index is 1.82. The highest BCUT2D eigenvalue weighted by Crippen LogP contribution is 2.31. The minimum atomic E-state index is -0.0303. The van der Waals surface area contributed by atoms with Gasteiger partial charge in [0, 0.05) is 49.6 Å². The van der Waals surface area contributed by atoms with Crippen molar-refractivity contribution < 1.29 is 4.74 Å². The Bertz CT molecular complexity index is 762. The van der Waals surface area contributed by atoms with Crippen molar-refractivity contribution in [1.82, 2.24) is 9.97 Å². The van der Waals surface area contributed by atoms with Crippen molar-refractivity contribution in [3.63, 3.8) is 0 Å². The average Bonchev–Trinajstić information content (AvgIpc) is 2.60. The van der Waals surface area contributed by atoms with Crippen LogP contribution in [0.4, 0.5) is 11.5 Å². The molecule has 140 valence electrons. The molecule has 0 atom stereocenters. The third kappa shape index (κ3) is 3.90. The second-order valence-corrected chi connectivity index (χ2v) is 7.39. The van der Waals surface area contributed by atoms with Gasteiger partial charge in [-0.15, -0.1) is 0 Å². The fraction of sp³-hybridized carbons (Fsp3) is 0.500. The van der Waals surface area contributed by atoms with E-state index < -0.39 is 0 Å². The molecule has 2 aromatic rings. The van der Waals surface area contributed by atoms with E-state index in [0.717, 1.165) is 49.1 Å². The molecule has 1 fully saturated rings. The van der Waals surface area contributed by atoms with Gasteiger partial charge in [0.05, 0.1) is 12.6 Å². The Labute approximate surface area is 156 Å². The maximum atomic E-state index is 5.70. The van der Waals surface area contributed by atoms with Gasteiger partial charge in [-0.1, -0.05) is 6.07 Å². The van der Waals surface area contributed by atoms with Crippen molar-refractivity contribution in [1.29, 1.82) is 0 Å². The smallest absolute Gasteiger partial charge is 0.132 e. The normalized spacial score (nSPS) is 16.7. The second kappa shape index (κ2) is 7.50. The van der Waals surface area contributed by atoms with Gasteiger partial charge in [0.25, 0.3) is 0 Å². The molecule has 1 aliphatic heterocycles. The van der Waals surface area contributed by atoms with Gasteiger partial charge in [0.1, 0.15) is 17.4 Å². The number of anilines is 2. The van der Waals surface area contributed by atoms with Gasteiger partial charge in [-0.2, -0.15) is 0 Å². The molecule has 0 spiro atoms. The zero-order valence-corrected chi connectivity index (χ0v) is 16.2. The van der Waals surface area contributed by atoms with Crippen molar-refractivity contribution >= 4 is 11.5 Å². The van der Waals surface area contributed by atoms with Crippen molar-refractivity contribution in [3.8, 4) is 5.75 Å². The van der Waals surface area contributed by atoms with Crippen LogP contribution in [0.5, 0.6) is 5.75 Å². The predicted molar refractivity (Wildman–Crippen MR) is 106 cm³/mol. The van der Waals surface area contributed by atoms with Crippen molar-refractivity contribution in [3.05, 3.63) is 41.9 Å². The first-order chi connectivity index (χ1) is 12.4. The number of piperazine rings is 1. The van der Waals surface area contributed by atoms with Gasteiger partial charge in [0.2, 0.25) is 0 Å². The molecule has 0 bridgehead atoms. The van der Waals surface area contributed by atoms with Gasteiger partial charge >= 0.3 is 0 Å². The van der Waals surface area contributed by atoms with Gasteiger partial charge in [-0.3, -0.25) is 0 Å². The molecule has 0 saturated carbocycles. The van der Waals surface area contributed by atoms with Crippen LogP contribution in [0.3, 0.4) is 0 Å². The summed E-state index contributed by atoms with van der Waals surface area (Å²) in [5.41, 5.74) is 7.88. The number of methoxy groups -OCH3 is 1. The van der Waals surface area contributed by atoms with Crippen LogP contribution in [0, 0.1) is 6.92 Å². The number of nitrogens with two attached hydrogens (primary N) is 1. The van der Waals surface area contributed by atoms with Crippen LogP contribution in [-0.4, -0.2) is 48.8 Å². The van der Waals surface area contributed by atoms with E-state index in [9.17, 15) is 0 Å². The van der Waals surface area contributed by atoms with Gasteiger partial charge in [0.15, 0.2) is 0 Å². The van der Waals surface area contributed by atoms with E-state index in [1.807, 2.05) is 19.1 Å². The highest BCUT2D eigenvalue weighted by atomic mass is 16.5. The zero-order chi connectivity index (χ0) is 18.7. The molecule has 2 N–H and O–H groups in total. The van der Waals surface area contributed by atoms with Crippen LogP contribution in [0.1, 0.15) is 25.4 Å². The summed E-state index contributed by atoms with van der Waals surface area (Å²) in [6.45, 7) is 9.82. The number of hydrogen-bond donors (Lipinski definition) is 1. The number of benzene rings is 1. The average molecular weight is 355 g/mol. The fourth-order valence-electron chi connectivity index (χ4n) is 3.66. The number of aromatic nitrogens is 2. The molecule has 1 aliphatic rings.